The smallest absolute Gasteiger partial charge is 0.191 e. The molecule has 0 saturated heterocycles. The SMILES string of the molecule is CCCNC(=NC)NCc1sc(C)nc1C.I. The van der Waals surface area contributed by atoms with E-state index in [0.717, 1.165) is 36.2 Å². The molecular formula is C11H21IN4S. The molecule has 0 aromatic carbocycles. The second-order valence-corrected chi connectivity index (χ2v) is 4.88. The molecule has 1 aromatic heterocycles. The lowest BCUT2D eigenvalue weighted by Crippen LogP contribution is -2.37. The fourth-order valence-electron chi connectivity index (χ4n) is 1.37. The molecule has 0 atom stereocenters. The first kappa shape index (κ1) is 16.6. The fourth-order valence-corrected chi connectivity index (χ4v) is 2.24. The van der Waals surface area contributed by atoms with Gasteiger partial charge in [-0.05, 0) is 20.3 Å². The van der Waals surface area contributed by atoms with Crippen molar-refractivity contribution in [2.75, 3.05) is 13.6 Å². The van der Waals surface area contributed by atoms with Crippen LogP contribution < -0.4 is 10.6 Å². The highest BCUT2D eigenvalue weighted by molar-refractivity contribution is 14.0. The van der Waals surface area contributed by atoms with Crippen LogP contribution in [0.5, 0.6) is 0 Å². The van der Waals surface area contributed by atoms with Gasteiger partial charge in [0, 0.05) is 18.5 Å². The molecule has 1 aromatic rings. The van der Waals surface area contributed by atoms with Crippen molar-refractivity contribution in [3.63, 3.8) is 0 Å². The van der Waals surface area contributed by atoms with Crippen molar-refractivity contribution < 1.29 is 0 Å². The van der Waals surface area contributed by atoms with Crippen LogP contribution in [0.2, 0.25) is 0 Å². The van der Waals surface area contributed by atoms with Gasteiger partial charge < -0.3 is 10.6 Å². The zero-order chi connectivity index (χ0) is 12.0. The number of aromatic nitrogens is 1. The Labute approximate surface area is 124 Å². The zero-order valence-electron chi connectivity index (χ0n) is 10.8. The number of aliphatic imine (C=N–C) groups is 1. The third-order valence-corrected chi connectivity index (χ3v) is 3.25. The molecule has 2 N–H and O–H groups in total. The second-order valence-electron chi connectivity index (χ2n) is 3.59. The number of guanidine groups is 1. The molecule has 0 aliphatic rings. The number of nitrogens with zero attached hydrogens (tertiary/aromatic N) is 2. The van der Waals surface area contributed by atoms with Gasteiger partial charge in [-0.15, -0.1) is 35.3 Å². The van der Waals surface area contributed by atoms with E-state index in [1.165, 1.54) is 4.88 Å². The van der Waals surface area contributed by atoms with Crippen LogP contribution in [0.4, 0.5) is 0 Å². The molecule has 6 heteroatoms. The van der Waals surface area contributed by atoms with Gasteiger partial charge >= 0.3 is 0 Å². The first-order valence-electron chi connectivity index (χ1n) is 5.54. The molecule has 17 heavy (non-hydrogen) atoms. The third-order valence-electron chi connectivity index (χ3n) is 2.18. The topological polar surface area (TPSA) is 49.3 Å². The van der Waals surface area contributed by atoms with E-state index in [2.05, 4.69) is 27.5 Å². The summed E-state index contributed by atoms with van der Waals surface area (Å²) in [7, 11) is 1.79. The first-order chi connectivity index (χ1) is 7.67. The molecule has 0 aliphatic carbocycles. The number of hydrogen-bond donors (Lipinski definition) is 2. The maximum Gasteiger partial charge on any atom is 0.191 e. The summed E-state index contributed by atoms with van der Waals surface area (Å²) in [4.78, 5) is 9.83. The van der Waals surface area contributed by atoms with Crippen molar-refractivity contribution in [1.29, 1.82) is 0 Å². The molecule has 0 saturated carbocycles. The predicted octanol–water partition coefficient (Wildman–Crippen LogP) is 2.45. The maximum absolute atomic E-state index is 4.40. The average Bonchev–Trinajstić information content (AvgIpc) is 2.58. The van der Waals surface area contributed by atoms with Gasteiger partial charge in [0.1, 0.15) is 0 Å². The van der Waals surface area contributed by atoms with E-state index in [1.807, 2.05) is 13.8 Å². The summed E-state index contributed by atoms with van der Waals surface area (Å²) >= 11 is 1.73. The van der Waals surface area contributed by atoms with Gasteiger partial charge in [-0.3, -0.25) is 4.99 Å². The van der Waals surface area contributed by atoms with Crippen LogP contribution in [0, 0.1) is 13.8 Å². The lowest BCUT2D eigenvalue weighted by atomic mass is 10.4. The quantitative estimate of drug-likeness (QED) is 0.488. The molecule has 1 heterocycles. The minimum atomic E-state index is 0. The van der Waals surface area contributed by atoms with Crippen molar-refractivity contribution in [2.45, 2.75) is 33.7 Å². The molecule has 0 amide bonds. The van der Waals surface area contributed by atoms with Crippen LogP contribution in [0.1, 0.15) is 28.9 Å². The third kappa shape index (κ3) is 5.67. The molecule has 0 fully saturated rings. The average molecular weight is 368 g/mol. The second kappa shape index (κ2) is 8.68. The zero-order valence-corrected chi connectivity index (χ0v) is 14.0. The van der Waals surface area contributed by atoms with Crippen LogP contribution in [0.15, 0.2) is 4.99 Å². The summed E-state index contributed by atoms with van der Waals surface area (Å²) < 4.78 is 0. The van der Waals surface area contributed by atoms with E-state index in [1.54, 1.807) is 18.4 Å². The van der Waals surface area contributed by atoms with Crippen LogP contribution in [-0.4, -0.2) is 24.5 Å². The van der Waals surface area contributed by atoms with E-state index in [-0.39, 0.29) is 24.0 Å². The van der Waals surface area contributed by atoms with Crippen LogP contribution in [0.3, 0.4) is 0 Å². The first-order valence-corrected chi connectivity index (χ1v) is 6.36. The van der Waals surface area contributed by atoms with E-state index >= 15 is 0 Å². The Kier molecular flexibility index (Phi) is 8.49. The molecule has 4 nitrogen and oxygen atoms in total. The van der Waals surface area contributed by atoms with Crippen molar-refractivity contribution in [1.82, 2.24) is 15.6 Å². The largest absolute Gasteiger partial charge is 0.356 e. The van der Waals surface area contributed by atoms with E-state index in [0.29, 0.717) is 0 Å². The Bertz CT molecular complexity index is 362. The Hall–Kier alpha value is -0.370. The Balaban J connectivity index is 0.00000256. The summed E-state index contributed by atoms with van der Waals surface area (Å²) in [6.45, 7) is 7.95. The van der Waals surface area contributed by atoms with Crippen molar-refractivity contribution in [3.8, 4) is 0 Å². The summed E-state index contributed by atoms with van der Waals surface area (Å²) in [5.41, 5.74) is 1.11. The number of hydrogen-bond acceptors (Lipinski definition) is 3. The predicted molar refractivity (Wildman–Crippen MR) is 85.5 cm³/mol. The van der Waals surface area contributed by atoms with Gasteiger partial charge in [0.2, 0.25) is 0 Å². The molecule has 0 radical (unpaired) electrons. The minimum Gasteiger partial charge on any atom is -0.356 e. The highest BCUT2D eigenvalue weighted by atomic mass is 127. The van der Waals surface area contributed by atoms with E-state index in [4.69, 9.17) is 0 Å². The molecule has 0 unspecified atom stereocenters. The Morgan fingerprint density at radius 3 is 2.53 bits per heavy atom. The van der Waals surface area contributed by atoms with Gasteiger partial charge in [-0.25, -0.2) is 4.98 Å². The Morgan fingerprint density at radius 2 is 2.06 bits per heavy atom. The minimum absolute atomic E-state index is 0. The maximum atomic E-state index is 4.40. The van der Waals surface area contributed by atoms with Gasteiger partial charge in [0.05, 0.1) is 17.2 Å². The van der Waals surface area contributed by atoms with Gasteiger partial charge in [-0.2, -0.15) is 0 Å². The molecule has 0 spiro atoms. The lowest BCUT2D eigenvalue weighted by molar-refractivity contribution is 0.783. The van der Waals surface area contributed by atoms with Crippen LogP contribution in [-0.2, 0) is 6.54 Å². The number of halogens is 1. The van der Waals surface area contributed by atoms with Crippen molar-refractivity contribution in [2.24, 2.45) is 4.99 Å². The highest BCUT2D eigenvalue weighted by Crippen LogP contribution is 2.16. The summed E-state index contributed by atoms with van der Waals surface area (Å²) in [6.07, 6.45) is 1.10. The van der Waals surface area contributed by atoms with Gasteiger partial charge in [-0.1, -0.05) is 6.92 Å². The number of aryl methyl sites for hydroxylation is 2. The monoisotopic (exact) mass is 368 g/mol. The van der Waals surface area contributed by atoms with Gasteiger partial charge in [0.15, 0.2) is 5.96 Å². The standard InChI is InChI=1S/C11H20N4S.HI/c1-5-6-13-11(12-4)14-7-10-8(2)15-9(3)16-10;/h5-7H2,1-4H3,(H2,12,13,14);1H. The number of nitrogens with one attached hydrogen (secondary N) is 2. The Morgan fingerprint density at radius 1 is 1.35 bits per heavy atom. The lowest BCUT2D eigenvalue weighted by Gasteiger charge is -2.10. The van der Waals surface area contributed by atoms with Gasteiger partial charge in [0.25, 0.3) is 0 Å². The molecular weight excluding hydrogens is 347 g/mol. The summed E-state index contributed by atoms with van der Waals surface area (Å²) in [5, 5.41) is 7.64. The molecule has 0 bridgehead atoms. The number of thiazole rings is 1. The highest BCUT2D eigenvalue weighted by Gasteiger charge is 2.05. The van der Waals surface area contributed by atoms with Crippen molar-refractivity contribution >= 4 is 41.3 Å². The molecule has 98 valence electrons. The van der Waals surface area contributed by atoms with Crippen molar-refractivity contribution in [3.05, 3.63) is 15.6 Å². The fraction of sp³-hybridized carbons (Fsp3) is 0.636. The summed E-state index contributed by atoms with van der Waals surface area (Å²) in [5.74, 6) is 0.854. The number of rotatable bonds is 4. The van der Waals surface area contributed by atoms with Crippen LogP contribution >= 0.6 is 35.3 Å². The van der Waals surface area contributed by atoms with E-state index in [9.17, 15) is 0 Å². The molecule has 1 rings (SSSR count). The van der Waals surface area contributed by atoms with E-state index < -0.39 is 0 Å². The normalized spacial score (nSPS) is 10.9. The van der Waals surface area contributed by atoms with Crippen LogP contribution in [0.25, 0.3) is 0 Å². The molecule has 0 aliphatic heterocycles. The summed E-state index contributed by atoms with van der Waals surface area (Å²) in [6, 6.07) is 0.